The van der Waals surface area contributed by atoms with E-state index >= 15 is 0 Å². The van der Waals surface area contributed by atoms with Crippen molar-refractivity contribution in [1.29, 1.82) is 0 Å². The lowest BCUT2D eigenvalue weighted by atomic mass is 10.1. The molecule has 0 saturated carbocycles. The Morgan fingerprint density at radius 1 is 0.933 bits per heavy atom. The molecular formula is C24H30Cl2N2O2. The van der Waals surface area contributed by atoms with Crippen LogP contribution in [0.5, 0.6) is 0 Å². The Morgan fingerprint density at radius 2 is 1.50 bits per heavy atom. The Morgan fingerprint density at radius 3 is 2.03 bits per heavy atom. The van der Waals surface area contributed by atoms with Gasteiger partial charge in [-0.05, 0) is 49.4 Å². The highest BCUT2D eigenvalue weighted by Gasteiger charge is 2.29. The number of amides is 2. The first-order chi connectivity index (χ1) is 14.4. The molecule has 0 radical (unpaired) electrons. The molecule has 2 unspecified atom stereocenters. The van der Waals surface area contributed by atoms with Crippen molar-refractivity contribution in [2.24, 2.45) is 0 Å². The van der Waals surface area contributed by atoms with Gasteiger partial charge in [-0.2, -0.15) is 0 Å². The summed E-state index contributed by atoms with van der Waals surface area (Å²) in [7, 11) is 0. The van der Waals surface area contributed by atoms with Gasteiger partial charge in [-0.15, -0.1) is 0 Å². The van der Waals surface area contributed by atoms with Gasteiger partial charge in [0.25, 0.3) is 0 Å². The van der Waals surface area contributed by atoms with Gasteiger partial charge in [0.2, 0.25) is 11.8 Å². The molecule has 2 amide bonds. The van der Waals surface area contributed by atoms with E-state index in [0.717, 1.165) is 17.5 Å². The normalized spacial score (nSPS) is 12.8. The van der Waals surface area contributed by atoms with E-state index in [1.165, 1.54) is 0 Å². The van der Waals surface area contributed by atoms with E-state index in [2.05, 4.69) is 5.32 Å². The second-order valence-corrected chi connectivity index (χ2v) is 8.26. The van der Waals surface area contributed by atoms with E-state index in [1.807, 2.05) is 63.2 Å². The zero-order valence-electron chi connectivity index (χ0n) is 17.8. The first kappa shape index (κ1) is 24.2. The summed E-state index contributed by atoms with van der Waals surface area (Å²) in [5.41, 5.74) is 1.74. The number of nitrogens with one attached hydrogen (secondary N) is 1. The fourth-order valence-corrected chi connectivity index (χ4v) is 3.68. The number of halogens is 2. The standard InChI is InChI=1S/C24H30Cl2N2O2/c1-4-17(3)27-24(30)22(5-2)28(16-19-11-7-9-13-21(19)26)23(29)15-14-18-10-6-8-12-20(18)25/h6-13,17,22H,4-5,14-16H2,1-3H3,(H,27,30). The fraction of sp³-hybridized carbons (Fsp3) is 0.417. The van der Waals surface area contributed by atoms with Crippen molar-refractivity contribution in [2.45, 2.75) is 65.1 Å². The number of rotatable bonds is 10. The van der Waals surface area contributed by atoms with Crippen LogP contribution >= 0.6 is 23.2 Å². The van der Waals surface area contributed by atoms with Crippen LogP contribution in [0.25, 0.3) is 0 Å². The lowest BCUT2D eigenvalue weighted by Crippen LogP contribution is -2.50. The van der Waals surface area contributed by atoms with Crippen LogP contribution < -0.4 is 5.32 Å². The molecule has 2 atom stereocenters. The first-order valence-electron chi connectivity index (χ1n) is 10.4. The average molecular weight is 449 g/mol. The summed E-state index contributed by atoms with van der Waals surface area (Å²) in [5, 5.41) is 4.24. The molecule has 2 aromatic carbocycles. The van der Waals surface area contributed by atoms with Gasteiger partial charge in [0, 0.05) is 29.1 Å². The number of carbonyl (C=O) groups excluding carboxylic acids is 2. The predicted octanol–water partition coefficient (Wildman–Crippen LogP) is 5.65. The van der Waals surface area contributed by atoms with Gasteiger partial charge < -0.3 is 10.2 Å². The molecule has 6 heteroatoms. The minimum Gasteiger partial charge on any atom is -0.352 e. The third-order valence-corrected chi connectivity index (χ3v) is 5.99. The topological polar surface area (TPSA) is 49.4 Å². The fourth-order valence-electron chi connectivity index (χ4n) is 3.26. The van der Waals surface area contributed by atoms with Crippen molar-refractivity contribution in [3.05, 3.63) is 69.7 Å². The third-order valence-electron chi connectivity index (χ3n) is 5.25. The number of hydrogen-bond acceptors (Lipinski definition) is 2. The molecule has 0 heterocycles. The summed E-state index contributed by atoms with van der Waals surface area (Å²) < 4.78 is 0. The number of carbonyl (C=O) groups is 2. The number of nitrogens with zero attached hydrogens (tertiary/aromatic N) is 1. The maximum Gasteiger partial charge on any atom is 0.243 e. The molecule has 0 saturated heterocycles. The van der Waals surface area contributed by atoms with Crippen molar-refractivity contribution in [3.63, 3.8) is 0 Å². The van der Waals surface area contributed by atoms with Crippen molar-refractivity contribution >= 4 is 35.0 Å². The molecule has 0 aliphatic heterocycles. The lowest BCUT2D eigenvalue weighted by Gasteiger charge is -2.32. The molecular weight excluding hydrogens is 419 g/mol. The molecule has 30 heavy (non-hydrogen) atoms. The molecule has 0 aromatic heterocycles. The van der Waals surface area contributed by atoms with Gasteiger partial charge in [0.05, 0.1) is 0 Å². The zero-order valence-corrected chi connectivity index (χ0v) is 19.3. The molecule has 1 N–H and O–H groups in total. The van der Waals surface area contributed by atoms with Crippen LogP contribution in [0.4, 0.5) is 0 Å². The Labute approximate surface area is 189 Å². The average Bonchev–Trinajstić information content (AvgIpc) is 2.74. The third kappa shape index (κ3) is 6.75. The van der Waals surface area contributed by atoms with Gasteiger partial charge in [0.1, 0.15) is 6.04 Å². The van der Waals surface area contributed by atoms with Crippen LogP contribution in [0, 0.1) is 0 Å². The molecule has 4 nitrogen and oxygen atoms in total. The largest absolute Gasteiger partial charge is 0.352 e. The van der Waals surface area contributed by atoms with E-state index in [4.69, 9.17) is 23.2 Å². The molecule has 0 bridgehead atoms. The Hall–Kier alpha value is -2.04. The summed E-state index contributed by atoms with van der Waals surface area (Å²) in [6.07, 6.45) is 2.12. The number of aryl methyl sites for hydroxylation is 1. The molecule has 0 fully saturated rings. The highest BCUT2D eigenvalue weighted by molar-refractivity contribution is 6.31. The van der Waals surface area contributed by atoms with Crippen LogP contribution in [0.2, 0.25) is 10.0 Å². The van der Waals surface area contributed by atoms with E-state index < -0.39 is 6.04 Å². The summed E-state index contributed by atoms with van der Waals surface area (Å²) in [4.78, 5) is 27.8. The van der Waals surface area contributed by atoms with Crippen molar-refractivity contribution < 1.29 is 9.59 Å². The molecule has 2 rings (SSSR count). The van der Waals surface area contributed by atoms with E-state index in [1.54, 1.807) is 11.0 Å². The van der Waals surface area contributed by atoms with Crippen LogP contribution in [0.15, 0.2) is 48.5 Å². The van der Waals surface area contributed by atoms with Gasteiger partial charge >= 0.3 is 0 Å². The quantitative estimate of drug-likeness (QED) is 0.510. The minimum atomic E-state index is -0.561. The SMILES string of the molecule is CCC(C)NC(=O)C(CC)N(Cc1ccccc1Cl)C(=O)CCc1ccccc1Cl. The maximum atomic E-state index is 13.3. The number of hydrogen-bond donors (Lipinski definition) is 1. The van der Waals surface area contributed by atoms with Crippen LogP contribution in [-0.4, -0.2) is 28.8 Å². The Kier molecular flexibility index (Phi) is 9.67. The van der Waals surface area contributed by atoms with Gasteiger partial charge in [-0.25, -0.2) is 0 Å². The molecule has 0 aliphatic rings. The maximum absolute atomic E-state index is 13.3. The second-order valence-electron chi connectivity index (χ2n) is 7.45. The molecule has 2 aromatic rings. The van der Waals surface area contributed by atoms with Crippen LogP contribution in [0.1, 0.15) is 51.2 Å². The Bertz CT molecular complexity index is 857. The number of benzene rings is 2. The van der Waals surface area contributed by atoms with Gasteiger partial charge in [-0.1, -0.05) is 73.4 Å². The van der Waals surface area contributed by atoms with E-state index in [-0.39, 0.29) is 30.8 Å². The molecule has 162 valence electrons. The second kappa shape index (κ2) is 12.0. The van der Waals surface area contributed by atoms with Crippen molar-refractivity contribution in [1.82, 2.24) is 10.2 Å². The Balaban J connectivity index is 2.24. The smallest absolute Gasteiger partial charge is 0.243 e. The van der Waals surface area contributed by atoms with Crippen molar-refractivity contribution in [3.8, 4) is 0 Å². The van der Waals surface area contributed by atoms with E-state index in [0.29, 0.717) is 22.9 Å². The minimum absolute atomic E-state index is 0.0481. The van der Waals surface area contributed by atoms with Crippen molar-refractivity contribution in [2.75, 3.05) is 0 Å². The monoisotopic (exact) mass is 448 g/mol. The highest BCUT2D eigenvalue weighted by Crippen LogP contribution is 2.22. The van der Waals surface area contributed by atoms with E-state index in [9.17, 15) is 9.59 Å². The van der Waals surface area contributed by atoms with Gasteiger partial charge in [0.15, 0.2) is 0 Å². The summed E-state index contributed by atoms with van der Waals surface area (Å²) in [5.74, 6) is -0.231. The summed E-state index contributed by atoms with van der Waals surface area (Å²) >= 11 is 12.6. The zero-order chi connectivity index (χ0) is 22.1. The van der Waals surface area contributed by atoms with Crippen LogP contribution in [-0.2, 0) is 22.6 Å². The molecule has 0 spiro atoms. The predicted molar refractivity (Wildman–Crippen MR) is 124 cm³/mol. The first-order valence-corrected chi connectivity index (χ1v) is 11.2. The molecule has 0 aliphatic carbocycles. The summed E-state index contributed by atoms with van der Waals surface area (Å²) in [6, 6.07) is 14.4. The highest BCUT2D eigenvalue weighted by atomic mass is 35.5. The van der Waals surface area contributed by atoms with Crippen LogP contribution in [0.3, 0.4) is 0 Å². The van der Waals surface area contributed by atoms with Gasteiger partial charge in [-0.3, -0.25) is 9.59 Å². The summed E-state index contributed by atoms with van der Waals surface area (Å²) in [6.45, 7) is 6.18. The lowest BCUT2D eigenvalue weighted by molar-refractivity contribution is -0.141.